The summed E-state index contributed by atoms with van der Waals surface area (Å²) < 4.78 is 5.82. The Morgan fingerprint density at radius 1 is 1.08 bits per heavy atom. The zero-order valence-corrected chi connectivity index (χ0v) is 14.6. The van der Waals surface area contributed by atoms with Gasteiger partial charge in [0.05, 0.1) is 12.5 Å². The van der Waals surface area contributed by atoms with Crippen molar-refractivity contribution >= 4 is 16.7 Å². The number of nitrogens with zero attached hydrogens (tertiary/aromatic N) is 1. The molecule has 2 heterocycles. The van der Waals surface area contributed by atoms with E-state index < -0.39 is 0 Å². The largest absolute Gasteiger partial charge is 0.376 e. The van der Waals surface area contributed by atoms with Gasteiger partial charge < -0.3 is 15.4 Å². The number of piperidine rings is 1. The van der Waals surface area contributed by atoms with Gasteiger partial charge in [0, 0.05) is 25.7 Å². The molecule has 4 nitrogen and oxygen atoms in total. The number of hydrogen-bond donors (Lipinski definition) is 1. The van der Waals surface area contributed by atoms with E-state index in [0.29, 0.717) is 12.3 Å². The van der Waals surface area contributed by atoms with Crippen molar-refractivity contribution in [3.63, 3.8) is 0 Å². The number of amides is 1. The zero-order chi connectivity index (χ0) is 17.2. The molecule has 0 spiro atoms. The molecule has 0 bridgehead atoms. The normalized spacial score (nSPS) is 24.8. The minimum Gasteiger partial charge on any atom is -0.376 e. The topological polar surface area (TPSA) is 55.6 Å². The van der Waals surface area contributed by atoms with E-state index >= 15 is 0 Å². The van der Waals surface area contributed by atoms with Crippen molar-refractivity contribution in [1.82, 2.24) is 4.90 Å². The van der Waals surface area contributed by atoms with Crippen LogP contribution in [0.1, 0.15) is 24.8 Å². The van der Waals surface area contributed by atoms with Crippen LogP contribution in [0.3, 0.4) is 0 Å². The third-order valence-corrected chi connectivity index (χ3v) is 5.76. The van der Waals surface area contributed by atoms with Gasteiger partial charge in [-0.3, -0.25) is 4.79 Å². The van der Waals surface area contributed by atoms with Gasteiger partial charge in [0.2, 0.25) is 5.91 Å². The molecule has 2 fully saturated rings. The monoisotopic (exact) mass is 338 g/mol. The summed E-state index contributed by atoms with van der Waals surface area (Å²) in [6.07, 6.45) is 3.63. The first kappa shape index (κ1) is 16.6. The van der Waals surface area contributed by atoms with Crippen LogP contribution in [0.4, 0.5) is 0 Å². The van der Waals surface area contributed by atoms with Crippen molar-refractivity contribution in [3.8, 4) is 0 Å². The molecule has 2 N–H and O–H groups in total. The van der Waals surface area contributed by atoms with Crippen molar-refractivity contribution in [1.29, 1.82) is 0 Å². The highest BCUT2D eigenvalue weighted by molar-refractivity contribution is 5.90. The summed E-state index contributed by atoms with van der Waals surface area (Å²) >= 11 is 0. The number of carbonyl (C=O) groups is 1. The molecular weight excluding hydrogens is 312 g/mol. The van der Waals surface area contributed by atoms with Crippen molar-refractivity contribution < 1.29 is 9.53 Å². The fourth-order valence-electron chi connectivity index (χ4n) is 4.31. The Kier molecular flexibility index (Phi) is 4.73. The van der Waals surface area contributed by atoms with Gasteiger partial charge in [-0.15, -0.1) is 0 Å². The molecule has 4 heteroatoms. The van der Waals surface area contributed by atoms with Gasteiger partial charge >= 0.3 is 0 Å². The van der Waals surface area contributed by atoms with Gasteiger partial charge in [-0.1, -0.05) is 42.5 Å². The number of benzene rings is 2. The van der Waals surface area contributed by atoms with Gasteiger partial charge in [-0.25, -0.2) is 0 Å². The van der Waals surface area contributed by atoms with E-state index in [1.54, 1.807) is 0 Å². The van der Waals surface area contributed by atoms with Gasteiger partial charge in [0.25, 0.3) is 0 Å². The maximum Gasteiger partial charge on any atom is 0.227 e. The predicted octanol–water partition coefficient (Wildman–Crippen LogP) is 2.74. The number of carbonyl (C=O) groups excluding carboxylic acids is 1. The van der Waals surface area contributed by atoms with Crippen LogP contribution in [0.15, 0.2) is 42.5 Å². The highest BCUT2D eigenvalue weighted by Crippen LogP contribution is 2.29. The van der Waals surface area contributed by atoms with Crippen LogP contribution < -0.4 is 5.73 Å². The average molecular weight is 338 g/mol. The first-order valence-corrected chi connectivity index (χ1v) is 9.34. The number of fused-ring (bicyclic) bond motifs is 1. The summed E-state index contributed by atoms with van der Waals surface area (Å²) in [7, 11) is 0. The summed E-state index contributed by atoms with van der Waals surface area (Å²) in [5.41, 5.74) is 7.27. The number of hydrogen-bond acceptors (Lipinski definition) is 3. The second-order valence-electron chi connectivity index (χ2n) is 7.32. The lowest BCUT2D eigenvalue weighted by atomic mass is 9.87. The van der Waals surface area contributed by atoms with E-state index in [-0.39, 0.29) is 18.1 Å². The minimum absolute atomic E-state index is 0.169. The number of nitrogens with two attached hydrogens (primary N) is 1. The van der Waals surface area contributed by atoms with Crippen molar-refractivity contribution in [2.45, 2.75) is 37.8 Å². The third-order valence-electron chi connectivity index (χ3n) is 5.76. The van der Waals surface area contributed by atoms with Crippen LogP contribution in [-0.2, 0) is 16.0 Å². The Labute approximate surface area is 148 Å². The zero-order valence-electron chi connectivity index (χ0n) is 14.6. The molecule has 0 aromatic heterocycles. The summed E-state index contributed by atoms with van der Waals surface area (Å²) in [5, 5.41) is 2.37. The summed E-state index contributed by atoms with van der Waals surface area (Å²) in [5.74, 6) is 0.727. The number of rotatable bonds is 3. The van der Waals surface area contributed by atoms with Gasteiger partial charge in [0.15, 0.2) is 0 Å². The first-order chi connectivity index (χ1) is 12.2. The van der Waals surface area contributed by atoms with Crippen LogP contribution in [0.2, 0.25) is 0 Å². The molecule has 1 amide bonds. The molecule has 0 saturated carbocycles. The van der Waals surface area contributed by atoms with E-state index in [2.05, 4.69) is 24.3 Å². The van der Waals surface area contributed by atoms with E-state index in [1.165, 1.54) is 10.8 Å². The minimum atomic E-state index is 0.169. The highest BCUT2D eigenvalue weighted by atomic mass is 16.5. The molecule has 0 aliphatic carbocycles. The van der Waals surface area contributed by atoms with Crippen LogP contribution in [0.5, 0.6) is 0 Å². The standard InChI is InChI=1S/C21H26N2O2/c22-19-10-13-25-21(19)16-8-11-23(12-9-16)20(24)14-17-6-3-5-15-4-1-2-7-18(15)17/h1-7,16,19,21H,8-14,22H2/t19-,21+/m1/s1. The number of ether oxygens (including phenoxy) is 1. The second-order valence-corrected chi connectivity index (χ2v) is 7.32. The molecule has 2 aliphatic heterocycles. The maximum absolute atomic E-state index is 12.8. The Balaban J connectivity index is 1.39. The van der Waals surface area contributed by atoms with Gasteiger partial charge in [-0.2, -0.15) is 0 Å². The highest BCUT2D eigenvalue weighted by Gasteiger charge is 2.35. The Morgan fingerprint density at radius 3 is 2.60 bits per heavy atom. The molecule has 132 valence electrons. The van der Waals surface area contributed by atoms with Crippen LogP contribution >= 0.6 is 0 Å². The van der Waals surface area contributed by atoms with Gasteiger partial charge in [-0.05, 0) is 41.5 Å². The van der Waals surface area contributed by atoms with E-state index in [1.807, 2.05) is 23.1 Å². The third kappa shape index (κ3) is 3.42. The lowest BCUT2D eigenvalue weighted by molar-refractivity contribution is -0.132. The molecule has 2 saturated heterocycles. The van der Waals surface area contributed by atoms with Crippen LogP contribution in [0.25, 0.3) is 10.8 Å². The average Bonchev–Trinajstić information content (AvgIpc) is 3.08. The fraction of sp³-hybridized carbons (Fsp3) is 0.476. The van der Waals surface area contributed by atoms with Crippen molar-refractivity contribution in [2.24, 2.45) is 11.7 Å². The molecule has 2 atom stereocenters. The lowest BCUT2D eigenvalue weighted by Gasteiger charge is -2.35. The Morgan fingerprint density at radius 2 is 1.84 bits per heavy atom. The predicted molar refractivity (Wildman–Crippen MR) is 99.3 cm³/mol. The molecule has 2 aliphatic rings. The quantitative estimate of drug-likeness (QED) is 0.936. The summed E-state index contributed by atoms with van der Waals surface area (Å²) in [4.78, 5) is 14.8. The Hall–Kier alpha value is -1.91. The second kappa shape index (κ2) is 7.14. The van der Waals surface area contributed by atoms with E-state index in [9.17, 15) is 4.79 Å². The van der Waals surface area contributed by atoms with Crippen molar-refractivity contribution in [3.05, 3.63) is 48.0 Å². The molecule has 2 aromatic carbocycles. The number of likely N-dealkylation sites (tertiary alicyclic amines) is 1. The molecule has 0 radical (unpaired) electrons. The SMILES string of the molecule is N[C@@H]1CCO[C@H]1C1CCN(C(=O)Cc2cccc3ccccc23)CC1. The molecule has 2 aromatic rings. The summed E-state index contributed by atoms with van der Waals surface area (Å²) in [6, 6.07) is 14.6. The van der Waals surface area contributed by atoms with Crippen LogP contribution in [0, 0.1) is 5.92 Å². The smallest absolute Gasteiger partial charge is 0.227 e. The lowest BCUT2D eigenvalue weighted by Crippen LogP contribution is -2.45. The van der Waals surface area contributed by atoms with Crippen LogP contribution in [-0.4, -0.2) is 42.6 Å². The van der Waals surface area contributed by atoms with E-state index in [4.69, 9.17) is 10.5 Å². The molecule has 0 unspecified atom stereocenters. The molecule has 4 rings (SSSR count). The molecule has 25 heavy (non-hydrogen) atoms. The van der Waals surface area contributed by atoms with E-state index in [0.717, 1.165) is 44.5 Å². The maximum atomic E-state index is 12.8. The Bertz CT molecular complexity index is 747. The summed E-state index contributed by atoms with van der Waals surface area (Å²) in [6.45, 7) is 2.42. The fourth-order valence-corrected chi connectivity index (χ4v) is 4.31. The molecular formula is C21H26N2O2. The first-order valence-electron chi connectivity index (χ1n) is 9.34. The van der Waals surface area contributed by atoms with Crippen molar-refractivity contribution in [2.75, 3.05) is 19.7 Å². The van der Waals surface area contributed by atoms with Gasteiger partial charge in [0.1, 0.15) is 0 Å².